The third kappa shape index (κ3) is 3.76. The summed E-state index contributed by atoms with van der Waals surface area (Å²) >= 11 is 1.68. The average Bonchev–Trinajstić information content (AvgIpc) is 2.42. The SMILES string of the molecule is CCOC(=O)[C@H]1[C@H](O)CCC[C@@H]1Sc1ccc(C)cc1. The van der Waals surface area contributed by atoms with Crippen LogP contribution in [0.3, 0.4) is 0 Å². The number of benzene rings is 1. The van der Waals surface area contributed by atoms with E-state index in [4.69, 9.17) is 4.74 Å². The lowest BCUT2D eigenvalue weighted by molar-refractivity contribution is -0.153. The highest BCUT2D eigenvalue weighted by atomic mass is 32.2. The number of aliphatic hydroxyl groups is 1. The van der Waals surface area contributed by atoms with E-state index in [9.17, 15) is 9.90 Å². The molecule has 0 unspecified atom stereocenters. The first-order valence-electron chi connectivity index (χ1n) is 7.20. The summed E-state index contributed by atoms with van der Waals surface area (Å²) in [4.78, 5) is 13.2. The molecule has 1 aromatic rings. The van der Waals surface area contributed by atoms with E-state index in [2.05, 4.69) is 31.2 Å². The molecule has 1 N–H and O–H groups in total. The maximum absolute atomic E-state index is 12.1. The second-order valence-electron chi connectivity index (χ2n) is 5.25. The first kappa shape index (κ1) is 15.4. The number of esters is 1. The molecule has 2 rings (SSSR count). The van der Waals surface area contributed by atoms with Crippen molar-refractivity contribution < 1.29 is 14.6 Å². The van der Waals surface area contributed by atoms with Gasteiger partial charge in [0, 0.05) is 10.1 Å². The molecule has 110 valence electrons. The summed E-state index contributed by atoms with van der Waals surface area (Å²) in [6.45, 7) is 4.22. The monoisotopic (exact) mass is 294 g/mol. The van der Waals surface area contributed by atoms with Gasteiger partial charge in [-0.1, -0.05) is 17.7 Å². The number of carbonyl (C=O) groups excluding carboxylic acids is 1. The molecule has 1 fully saturated rings. The van der Waals surface area contributed by atoms with E-state index in [1.54, 1.807) is 18.7 Å². The van der Waals surface area contributed by atoms with Crippen LogP contribution in [0.4, 0.5) is 0 Å². The standard InChI is InChI=1S/C16H22O3S/c1-3-19-16(18)15-13(17)5-4-6-14(15)20-12-9-7-11(2)8-10-12/h7-10,13-15,17H,3-6H2,1-2H3/t13-,14+,15+/m1/s1. The van der Waals surface area contributed by atoms with Crippen LogP contribution in [0.15, 0.2) is 29.2 Å². The number of aryl methyl sites for hydroxylation is 1. The Morgan fingerprint density at radius 1 is 1.35 bits per heavy atom. The molecule has 0 heterocycles. The van der Waals surface area contributed by atoms with Gasteiger partial charge in [0.05, 0.1) is 18.6 Å². The zero-order valence-electron chi connectivity index (χ0n) is 12.0. The number of hydrogen-bond acceptors (Lipinski definition) is 4. The molecule has 4 heteroatoms. The zero-order chi connectivity index (χ0) is 14.5. The van der Waals surface area contributed by atoms with E-state index >= 15 is 0 Å². The molecule has 0 bridgehead atoms. The van der Waals surface area contributed by atoms with Crippen LogP contribution in [-0.4, -0.2) is 29.0 Å². The summed E-state index contributed by atoms with van der Waals surface area (Å²) in [6, 6.07) is 8.29. The topological polar surface area (TPSA) is 46.5 Å². The van der Waals surface area contributed by atoms with Gasteiger partial charge < -0.3 is 9.84 Å². The van der Waals surface area contributed by atoms with Crippen molar-refractivity contribution in [3.8, 4) is 0 Å². The van der Waals surface area contributed by atoms with Gasteiger partial charge in [-0.25, -0.2) is 0 Å². The van der Waals surface area contributed by atoms with Gasteiger partial charge >= 0.3 is 5.97 Å². The molecule has 0 spiro atoms. The molecular formula is C16H22O3S. The smallest absolute Gasteiger partial charge is 0.312 e. The molecule has 0 aromatic heterocycles. The Balaban J connectivity index is 2.10. The Kier molecular flexibility index (Phi) is 5.49. The molecule has 1 aliphatic carbocycles. The van der Waals surface area contributed by atoms with Crippen molar-refractivity contribution in [3.63, 3.8) is 0 Å². The molecular weight excluding hydrogens is 272 g/mol. The molecule has 0 saturated heterocycles. The normalized spacial score (nSPS) is 26.2. The Labute approximate surface area is 124 Å². The van der Waals surface area contributed by atoms with Crippen molar-refractivity contribution in [1.29, 1.82) is 0 Å². The highest BCUT2D eigenvalue weighted by Crippen LogP contribution is 2.38. The van der Waals surface area contributed by atoms with Gasteiger partial charge in [0.2, 0.25) is 0 Å². The fraction of sp³-hybridized carbons (Fsp3) is 0.562. The number of thioether (sulfide) groups is 1. The molecule has 3 nitrogen and oxygen atoms in total. The minimum atomic E-state index is -0.578. The maximum Gasteiger partial charge on any atom is 0.312 e. The predicted molar refractivity (Wildman–Crippen MR) is 80.8 cm³/mol. The summed E-state index contributed by atoms with van der Waals surface area (Å²) in [5, 5.41) is 10.2. The van der Waals surface area contributed by atoms with Crippen molar-refractivity contribution in [2.24, 2.45) is 5.92 Å². The second kappa shape index (κ2) is 7.14. The van der Waals surface area contributed by atoms with Gasteiger partial charge in [-0.2, -0.15) is 0 Å². The second-order valence-corrected chi connectivity index (χ2v) is 6.56. The van der Waals surface area contributed by atoms with Crippen LogP contribution >= 0.6 is 11.8 Å². The lowest BCUT2D eigenvalue weighted by Crippen LogP contribution is -2.41. The van der Waals surface area contributed by atoms with E-state index in [0.29, 0.717) is 13.0 Å². The molecule has 1 aliphatic rings. The fourth-order valence-corrected chi connectivity index (χ4v) is 3.97. The van der Waals surface area contributed by atoms with Crippen LogP contribution in [0.2, 0.25) is 0 Å². The lowest BCUT2D eigenvalue weighted by atomic mass is 9.86. The van der Waals surface area contributed by atoms with Gasteiger partial charge in [-0.05, 0) is 45.2 Å². The number of aliphatic hydroxyl groups excluding tert-OH is 1. The molecule has 1 aromatic carbocycles. The third-order valence-corrected chi connectivity index (χ3v) is 5.05. The summed E-state index contributed by atoms with van der Waals surface area (Å²) in [7, 11) is 0. The van der Waals surface area contributed by atoms with Crippen LogP contribution in [0, 0.1) is 12.8 Å². The minimum Gasteiger partial charge on any atom is -0.466 e. The lowest BCUT2D eigenvalue weighted by Gasteiger charge is -2.33. The first-order valence-corrected chi connectivity index (χ1v) is 8.07. The van der Waals surface area contributed by atoms with Crippen molar-refractivity contribution >= 4 is 17.7 Å². The quantitative estimate of drug-likeness (QED) is 0.866. The van der Waals surface area contributed by atoms with E-state index in [1.165, 1.54) is 5.56 Å². The average molecular weight is 294 g/mol. The summed E-state index contributed by atoms with van der Waals surface area (Å²) in [5.41, 5.74) is 1.22. The predicted octanol–water partition coefficient (Wildman–Crippen LogP) is 3.18. The molecule has 3 atom stereocenters. The van der Waals surface area contributed by atoms with Crippen molar-refractivity contribution in [1.82, 2.24) is 0 Å². The Bertz CT molecular complexity index is 444. The Morgan fingerprint density at radius 2 is 2.05 bits per heavy atom. The fourth-order valence-electron chi connectivity index (χ4n) is 2.61. The molecule has 20 heavy (non-hydrogen) atoms. The first-order chi connectivity index (χ1) is 9.61. The Morgan fingerprint density at radius 3 is 2.70 bits per heavy atom. The van der Waals surface area contributed by atoms with Gasteiger partial charge in [0.15, 0.2) is 0 Å². The zero-order valence-corrected chi connectivity index (χ0v) is 12.9. The molecule has 0 amide bonds. The van der Waals surface area contributed by atoms with Gasteiger partial charge in [0.25, 0.3) is 0 Å². The highest BCUT2D eigenvalue weighted by molar-refractivity contribution is 8.00. The number of hydrogen-bond donors (Lipinski definition) is 1. The molecule has 1 saturated carbocycles. The van der Waals surface area contributed by atoms with E-state index in [-0.39, 0.29) is 11.2 Å². The van der Waals surface area contributed by atoms with Crippen LogP contribution in [0.25, 0.3) is 0 Å². The van der Waals surface area contributed by atoms with Crippen molar-refractivity contribution in [2.45, 2.75) is 49.4 Å². The van der Waals surface area contributed by atoms with Gasteiger partial charge in [-0.3, -0.25) is 4.79 Å². The van der Waals surface area contributed by atoms with Gasteiger partial charge in [-0.15, -0.1) is 11.8 Å². The number of ether oxygens (including phenoxy) is 1. The largest absolute Gasteiger partial charge is 0.466 e. The third-order valence-electron chi connectivity index (χ3n) is 3.67. The van der Waals surface area contributed by atoms with E-state index < -0.39 is 12.0 Å². The van der Waals surface area contributed by atoms with Crippen LogP contribution in [-0.2, 0) is 9.53 Å². The minimum absolute atomic E-state index is 0.0977. The number of carbonyl (C=O) groups is 1. The highest BCUT2D eigenvalue weighted by Gasteiger charge is 2.39. The van der Waals surface area contributed by atoms with Gasteiger partial charge in [0.1, 0.15) is 0 Å². The molecule has 0 radical (unpaired) electrons. The Hall–Kier alpha value is -1.00. The van der Waals surface area contributed by atoms with E-state index in [1.807, 2.05) is 0 Å². The maximum atomic E-state index is 12.1. The van der Waals surface area contributed by atoms with E-state index in [0.717, 1.165) is 17.7 Å². The van der Waals surface area contributed by atoms with Crippen LogP contribution in [0.1, 0.15) is 31.7 Å². The molecule has 0 aliphatic heterocycles. The van der Waals surface area contributed by atoms with Crippen LogP contribution < -0.4 is 0 Å². The van der Waals surface area contributed by atoms with Crippen molar-refractivity contribution in [2.75, 3.05) is 6.61 Å². The van der Waals surface area contributed by atoms with Crippen molar-refractivity contribution in [3.05, 3.63) is 29.8 Å². The number of rotatable bonds is 4. The van der Waals surface area contributed by atoms with Crippen LogP contribution in [0.5, 0.6) is 0 Å². The summed E-state index contributed by atoms with van der Waals surface area (Å²) < 4.78 is 5.13. The summed E-state index contributed by atoms with van der Waals surface area (Å²) in [5.74, 6) is -0.667. The summed E-state index contributed by atoms with van der Waals surface area (Å²) in [6.07, 6.45) is 2.01.